The highest BCUT2D eigenvalue weighted by Gasteiger charge is 2.33. The minimum absolute atomic E-state index is 0.0229. The van der Waals surface area contributed by atoms with E-state index in [1.807, 2.05) is 6.07 Å². The van der Waals surface area contributed by atoms with E-state index >= 15 is 0 Å². The summed E-state index contributed by atoms with van der Waals surface area (Å²) in [6.45, 7) is 4.28. The molecule has 1 aliphatic carbocycles. The van der Waals surface area contributed by atoms with Crippen molar-refractivity contribution in [3.63, 3.8) is 0 Å². The molecule has 1 aliphatic rings. The Bertz CT molecular complexity index is 824. The molecule has 1 amide bonds. The maximum absolute atomic E-state index is 12.9. The van der Waals surface area contributed by atoms with Gasteiger partial charge in [0.05, 0.1) is 16.8 Å². The number of nitrogens with one attached hydrogen (secondary N) is 1. The van der Waals surface area contributed by atoms with E-state index in [0.29, 0.717) is 12.8 Å². The van der Waals surface area contributed by atoms with Crippen LogP contribution >= 0.6 is 11.6 Å². The number of hydrogen-bond acceptors (Lipinski definition) is 3. The lowest BCUT2D eigenvalue weighted by Gasteiger charge is -2.31. The van der Waals surface area contributed by atoms with Gasteiger partial charge in [0.2, 0.25) is 0 Å². The van der Waals surface area contributed by atoms with Crippen LogP contribution in [-0.2, 0) is 11.0 Å². The largest absolute Gasteiger partial charge is 0.417 e. The van der Waals surface area contributed by atoms with E-state index in [9.17, 15) is 23.2 Å². The summed E-state index contributed by atoms with van der Waals surface area (Å²) in [5.41, 5.74) is 2.34. The lowest BCUT2D eigenvalue weighted by Crippen LogP contribution is -2.23. The standard InChI is InChI=1S/C19H19ClF3N3O/c1-18(2)7-5-13(6-8-18)14(10-24)17(27)26-25-11-12-3-4-16(20)15(9-12)19(21,22)23/h3-4,9,11H,5-8H2,1-2H3,(H,26,27)/b25-11-. The lowest BCUT2D eigenvalue weighted by atomic mass is 9.74. The molecule has 1 fully saturated rings. The van der Waals surface area contributed by atoms with Crippen LogP contribution in [0.3, 0.4) is 0 Å². The van der Waals surface area contributed by atoms with Gasteiger partial charge in [-0.3, -0.25) is 4.79 Å². The van der Waals surface area contributed by atoms with Gasteiger partial charge in [-0.1, -0.05) is 31.5 Å². The van der Waals surface area contributed by atoms with Crippen molar-refractivity contribution in [3.05, 3.63) is 45.5 Å². The Balaban J connectivity index is 2.10. The molecule has 144 valence electrons. The third kappa shape index (κ3) is 5.57. The highest BCUT2D eigenvalue weighted by Crippen LogP contribution is 2.38. The van der Waals surface area contributed by atoms with E-state index in [1.165, 1.54) is 6.07 Å². The van der Waals surface area contributed by atoms with Crippen LogP contribution in [0.5, 0.6) is 0 Å². The van der Waals surface area contributed by atoms with Crippen molar-refractivity contribution in [2.45, 2.75) is 45.7 Å². The molecule has 0 aromatic heterocycles. The molecule has 0 unspecified atom stereocenters. The van der Waals surface area contributed by atoms with Crippen LogP contribution in [0, 0.1) is 16.7 Å². The van der Waals surface area contributed by atoms with Crippen molar-refractivity contribution in [2.24, 2.45) is 10.5 Å². The SMILES string of the molecule is CC1(C)CCC(=C(C#N)C(=O)N/N=C\c2ccc(Cl)c(C(F)(F)F)c2)CC1. The number of carbonyl (C=O) groups is 1. The number of amides is 1. The van der Waals surface area contributed by atoms with Gasteiger partial charge >= 0.3 is 6.18 Å². The second-order valence-corrected chi connectivity index (χ2v) is 7.60. The van der Waals surface area contributed by atoms with Crippen molar-refractivity contribution in [3.8, 4) is 6.07 Å². The predicted molar refractivity (Wildman–Crippen MR) is 97.1 cm³/mol. The fraction of sp³-hybridized carbons (Fsp3) is 0.421. The Morgan fingerprint density at radius 3 is 2.52 bits per heavy atom. The molecule has 1 N–H and O–H groups in total. The van der Waals surface area contributed by atoms with Gasteiger partial charge in [-0.25, -0.2) is 5.43 Å². The third-order valence-electron chi connectivity index (χ3n) is 4.58. The van der Waals surface area contributed by atoms with E-state index in [1.54, 1.807) is 0 Å². The quantitative estimate of drug-likeness (QED) is 0.328. The zero-order valence-corrected chi connectivity index (χ0v) is 15.7. The molecule has 0 saturated heterocycles. The molecule has 0 radical (unpaired) electrons. The number of nitriles is 1. The van der Waals surface area contributed by atoms with Crippen LogP contribution in [0.1, 0.15) is 50.7 Å². The smallest absolute Gasteiger partial charge is 0.267 e. The first-order valence-electron chi connectivity index (χ1n) is 8.36. The van der Waals surface area contributed by atoms with E-state index in [4.69, 9.17) is 11.6 Å². The molecule has 2 rings (SSSR count). The fourth-order valence-corrected chi connectivity index (χ4v) is 3.06. The monoisotopic (exact) mass is 397 g/mol. The number of hydrogen-bond donors (Lipinski definition) is 1. The number of carbonyl (C=O) groups excluding carboxylic acids is 1. The van der Waals surface area contributed by atoms with Crippen LogP contribution < -0.4 is 5.43 Å². The van der Waals surface area contributed by atoms with Gasteiger partial charge < -0.3 is 0 Å². The highest BCUT2D eigenvalue weighted by atomic mass is 35.5. The summed E-state index contributed by atoms with van der Waals surface area (Å²) in [7, 11) is 0. The average molecular weight is 398 g/mol. The van der Waals surface area contributed by atoms with Gasteiger partial charge in [-0.15, -0.1) is 0 Å². The average Bonchev–Trinajstić information content (AvgIpc) is 2.57. The van der Waals surface area contributed by atoms with Crippen LogP contribution in [0.15, 0.2) is 34.4 Å². The summed E-state index contributed by atoms with van der Waals surface area (Å²) in [6.07, 6.45) is -0.410. The molecule has 0 spiro atoms. The van der Waals surface area contributed by atoms with E-state index in [0.717, 1.165) is 36.8 Å². The molecule has 0 heterocycles. The molecule has 4 nitrogen and oxygen atoms in total. The topological polar surface area (TPSA) is 65.2 Å². The third-order valence-corrected chi connectivity index (χ3v) is 4.90. The molecule has 0 aliphatic heterocycles. The molecule has 1 aromatic rings. The maximum Gasteiger partial charge on any atom is 0.417 e. The molecule has 0 bridgehead atoms. The van der Waals surface area contributed by atoms with Crippen molar-refractivity contribution < 1.29 is 18.0 Å². The molecule has 1 aromatic carbocycles. The highest BCUT2D eigenvalue weighted by molar-refractivity contribution is 6.31. The maximum atomic E-state index is 12.9. The first kappa shape index (κ1) is 21.0. The van der Waals surface area contributed by atoms with E-state index in [2.05, 4.69) is 24.4 Å². The van der Waals surface area contributed by atoms with Crippen LogP contribution in [-0.4, -0.2) is 12.1 Å². The summed E-state index contributed by atoms with van der Waals surface area (Å²) >= 11 is 5.56. The number of benzene rings is 1. The van der Waals surface area contributed by atoms with Gasteiger partial charge in [0.25, 0.3) is 5.91 Å². The van der Waals surface area contributed by atoms with E-state index in [-0.39, 0.29) is 16.6 Å². The summed E-state index contributed by atoms with van der Waals surface area (Å²) in [4.78, 5) is 12.2. The molecule has 1 saturated carbocycles. The van der Waals surface area contributed by atoms with Crippen LogP contribution in [0.2, 0.25) is 5.02 Å². The Labute approximate surface area is 160 Å². The van der Waals surface area contributed by atoms with Crippen LogP contribution in [0.25, 0.3) is 0 Å². The number of allylic oxidation sites excluding steroid dienone is 1. The minimum atomic E-state index is -4.59. The molecule has 0 atom stereocenters. The van der Waals surface area contributed by atoms with Gasteiger partial charge in [-0.2, -0.15) is 23.5 Å². The Hall–Kier alpha value is -2.33. The van der Waals surface area contributed by atoms with Crippen molar-refractivity contribution in [1.82, 2.24) is 5.43 Å². The summed E-state index contributed by atoms with van der Waals surface area (Å²) in [5, 5.41) is 12.5. The Morgan fingerprint density at radius 2 is 1.96 bits per heavy atom. The normalized spacial score (nSPS) is 16.9. The molecular weight excluding hydrogens is 379 g/mol. The van der Waals surface area contributed by atoms with Gasteiger partial charge in [0.1, 0.15) is 11.6 Å². The van der Waals surface area contributed by atoms with Gasteiger partial charge in [0.15, 0.2) is 0 Å². The number of alkyl halides is 3. The minimum Gasteiger partial charge on any atom is -0.267 e. The molecule has 27 heavy (non-hydrogen) atoms. The number of hydrazone groups is 1. The Morgan fingerprint density at radius 1 is 1.33 bits per heavy atom. The number of rotatable bonds is 3. The zero-order valence-electron chi connectivity index (χ0n) is 15.0. The van der Waals surface area contributed by atoms with Gasteiger partial charge in [-0.05, 0) is 54.4 Å². The first-order valence-corrected chi connectivity index (χ1v) is 8.73. The zero-order chi connectivity index (χ0) is 20.2. The molecular formula is C19H19ClF3N3O. The second kappa shape index (κ2) is 8.13. The van der Waals surface area contributed by atoms with Crippen molar-refractivity contribution >= 4 is 23.7 Å². The fourth-order valence-electron chi connectivity index (χ4n) is 2.83. The molecule has 8 heteroatoms. The van der Waals surface area contributed by atoms with E-state index < -0.39 is 22.7 Å². The number of nitrogens with zero attached hydrogens (tertiary/aromatic N) is 2. The summed E-state index contributed by atoms with van der Waals surface area (Å²) in [5.74, 6) is -0.659. The lowest BCUT2D eigenvalue weighted by molar-refractivity contribution is -0.137. The van der Waals surface area contributed by atoms with Crippen LogP contribution in [0.4, 0.5) is 13.2 Å². The second-order valence-electron chi connectivity index (χ2n) is 7.19. The van der Waals surface area contributed by atoms with Crippen molar-refractivity contribution in [2.75, 3.05) is 0 Å². The van der Waals surface area contributed by atoms with Gasteiger partial charge in [0, 0.05) is 0 Å². The van der Waals surface area contributed by atoms with Crippen molar-refractivity contribution in [1.29, 1.82) is 5.26 Å². The summed E-state index contributed by atoms with van der Waals surface area (Å²) in [6, 6.07) is 5.21. The summed E-state index contributed by atoms with van der Waals surface area (Å²) < 4.78 is 38.6. The first-order chi connectivity index (χ1) is 12.5. The number of halogens is 4. The predicted octanol–water partition coefficient (Wildman–Crippen LogP) is 5.23. The Kier molecular flexibility index (Phi) is 6.32.